The maximum absolute atomic E-state index is 12.4. The third-order valence-corrected chi connectivity index (χ3v) is 6.01. The first kappa shape index (κ1) is 23.9. The maximum atomic E-state index is 12.4. The minimum atomic E-state index is -0.0577. The summed E-state index contributed by atoms with van der Waals surface area (Å²) in [5.74, 6) is 2.83. The summed E-state index contributed by atoms with van der Waals surface area (Å²) in [4.78, 5) is 14.7. The van der Waals surface area contributed by atoms with Crippen molar-refractivity contribution in [2.45, 2.75) is 20.3 Å². The van der Waals surface area contributed by atoms with E-state index < -0.39 is 0 Å². The standard InChI is InChI=1S/C24H27NO5S2/c1-4-25-23(26)22(32-24(25)31)16-17-7-12-20(21(15-17)28-5-2)30-14-6-13-29-19-10-8-18(27-3)9-11-19/h7-12,15-16H,4-6,13-14H2,1-3H3/b22-16+. The molecule has 1 heterocycles. The number of rotatable bonds is 11. The number of carbonyl (C=O) groups is 1. The zero-order valence-electron chi connectivity index (χ0n) is 18.5. The normalized spacial score (nSPS) is 14.7. The van der Waals surface area contributed by atoms with Crippen molar-refractivity contribution < 1.29 is 23.7 Å². The van der Waals surface area contributed by atoms with Crippen LogP contribution in [0.1, 0.15) is 25.8 Å². The van der Waals surface area contributed by atoms with Gasteiger partial charge in [0, 0.05) is 13.0 Å². The van der Waals surface area contributed by atoms with Gasteiger partial charge in [0.2, 0.25) is 0 Å². The van der Waals surface area contributed by atoms with Gasteiger partial charge in [-0.3, -0.25) is 9.69 Å². The second-order valence-electron chi connectivity index (χ2n) is 6.79. The molecule has 0 spiro atoms. The predicted molar refractivity (Wildman–Crippen MR) is 132 cm³/mol. The predicted octanol–water partition coefficient (Wildman–Crippen LogP) is 5.16. The van der Waals surface area contributed by atoms with Crippen molar-refractivity contribution in [2.24, 2.45) is 0 Å². The summed E-state index contributed by atoms with van der Waals surface area (Å²) in [7, 11) is 1.63. The number of thiocarbonyl (C=S) groups is 1. The van der Waals surface area contributed by atoms with E-state index in [9.17, 15) is 4.79 Å². The van der Waals surface area contributed by atoms with Gasteiger partial charge in [-0.1, -0.05) is 30.0 Å². The molecule has 32 heavy (non-hydrogen) atoms. The lowest BCUT2D eigenvalue weighted by molar-refractivity contribution is -0.121. The molecule has 0 bridgehead atoms. The van der Waals surface area contributed by atoms with Gasteiger partial charge in [0.1, 0.15) is 15.8 Å². The van der Waals surface area contributed by atoms with E-state index in [4.69, 9.17) is 31.2 Å². The number of amides is 1. The Hall–Kier alpha value is -2.71. The summed E-state index contributed by atoms with van der Waals surface area (Å²) in [6.07, 6.45) is 2.56. The molecule has 0 unspecified atom stereocenters. The van der Waals surface area contributed by atoms with Crippen LogP contribution in [-0.4, -0.2) is 48.6 Å². The van der Waals surface area contributed by atoms with E-state index in [1.54, 1.807) is 12.0 Å². The highest BCUT2D eigenvalue weighted by Crippen LogP contribution is 2.34. The smallest absolute Gasteiger partial charge is 0.266 e. The van der Waals surface area contributed by atoms with E-state index >= 15 is 0 Å². The number of nitrogens with zero attached hydrogens (tertiary/aromatic N) is 1. The van der Waals surface area contributed by atoms with E-state index in [-0.39, 0.29) is 5.91 Å². The second-order valence-corrected chi connectivity index (χ2v) is 8.47. The maximum Gasteiger partial charge on any atom is 0.266 e. The largest absolute Gasteiger partial charge is 0.497 e. The molecule has 1 amide bonds. The van der Waals surface area contributed by atoms with Gasteiger partial charge in [0.05, 0.1) is 31.8 Å². The van der Waals surface area contributed by atoms with Gasteiger partial charge < -0.3 is 18.9 Å². The topological polar surface area (TPSA) is 57.2 Å². The Morgan fingerprint density at radius 3 is 2.34 bits per heavy atom. The number of thioether (sulfide) groups is 1. The molecule has 0 atom stereocenters. The quantitative estimate of drug-likeness (QED) is 0.254. The van der Waals surface area contributed by atoms with Crippen LogP contribution in [0.15, 0.2) is 47.4 Å². The van der Waals surface area contributed by atoms with Crippen LogP contribution in [0.2, 0.25) is 0 Å². The van der Waals surface area contributed by atoms with E-state index in [1.165, 1.54) is 11.8 Å². The minimum absolute atomic E-state index is 0.0577. The van der Waals surface area contributed by atoms with Crippen molar-refractivity contribution in [3.05, 3.63) is 52.9 Å². The molecule has 0 aromatic heterocycles. The molecule has 0 saturated carbocycles. The third-order valence-electron chi connectivity index (χ3n) is 4.63. The molecular weight excluding hydrogens is 446 g/mol. The Morgan fingerprint density at radius 2 is 1.69 bits per heavy atom. The lowest BCUT2D eigenvalue weighted by Gasteiger charge is -2.13. The van der Waals surface area contributed by atoms with Crippen molar-refractivity contribution in [3.63, 3.8) is 0 Å². The first-order valence-corrected chi connectivity index (χ1v) is 11.7. The lowest BCUT2D eigenvalue weighted by atomic mass is 10.2. The molecule has 0 aliphatic carbocycles. The molecule has 1 saturated heterocycles. The molecule has 1 fully saturated rings. The number of methoxy groups -OCH3 is 1. The average Bonchev–Trinajstić information content (AvgIpc) is 3.07. The Balaban J connectivity index is 1.56. The molecule has 1 aliphatic heterocycles. The van der Waals surface area contributed by atoms with Crippen LogP contribution in [0.3, 0.4) is 0 Å². The molecule has 6 nitrogen and oxygen atoms in total. The van der Waals surface area contributed by atoms with Gasteiger partial charge in [-0.25, -0.2) is 0 Å². The summed E-state index contributed by atoms with van der Waals surface area (Å²) < 4.78 is 23.1. The minimum Gasteiger partial charge on any atom is -0.497 e. The second kappa shape index (κ2) is 11.8. The highest BCUT2D eigenvalue weighted by Gasteiger charge is 2.30. The number of hydrogen-bond donors (Lipinski definition) is 0. The van der Waals surface area contributed by atoms with Gasteiger partial charge in [0.15, 0.2) is 11.5 Å². The SMILES string of the molecule is CCOc1cc(/C=C2/SC(=S)N(CC)C2=O)ccc1OCCCOc1ccc(OC)cc1. The number of ether oxygens (including phenoxy) is 4. The molecule has 2 aromatic carbocycles. The molecule has 0 radical (unpaired) electrons. The van der Waals surface area contributed by atoms with Crippen LogP contribution in [0.5, 0.6) is 23.0 Å². The fourth-order valence-corrected chi connectivity index (χ4v) is 4.41. The van der Waals surface area contributed by atoms with E-state index in [1.807, 2.05) is 62.4 Å². The summed E-state index contributed by atoms with van der Waals surface area (Å²) in [5, 5.41) is 0. The van der Waals surface area contributed by atoms with Crippen molar-refractivity contribution >= 4 is 40.3 Å². The Kier molecular flexibility index (Phi) is 8.81. The van der Waals surface area contributed by atoms with Crippen molar-refractivity contribution in [2.75, 3.05) is 33.5 Å². The van der Waals surface area contributed by atoms with Crippen LogP contribution in [0.25, 0.3) is 6.08 Å². The highest BCUT2D eigenvalue weighted by molar-refractivity contribution is 8.26. The number of hydrogen-bond acceptors (Lipinski definition) is 7. The average molecular weight is 474 g/mol. The Morgan fingerprint density at radius 1 is 0.969 bits per heavy atom. The molecule has 1 aliphatic rings. The van der Waals surface area contributed by atoms with Crippen LogP contribution in [0.4, 0.5) is 0 Å². The van der Waals surface area contributed by atoms with Crippen molar-refractivity contribution in [3.8, 4) is 23.0 Å². The van der Waals surface area contributed by atoms with Gasteiger partial charge in [-0.05, 0) is 61.9 Å². The van der Waals surface area contributed by atoms with E-state index in [0.29, 0.717) is 47.1 Å². The van der Waals surface area contributed by atoms with Crippen LogP contribution in [0, 0.1) is 0 Å². The van der Waals surface area contributed by atoms with Crippen LogP contribution < -0.4 is 18.9 Å². The molecule has 0 N–H and O–H groups in total. The third kappa shape index (κ3) is 6.17. The summed E-state index contributed by atoms with van der Waals surface area (Å²) in [6.45, 7) is 5.94. The van der Waals surface area contributed by atoms with Gasteiger partial charge in [-0.2, -0.15) is 0 Å². The van der Waals surface area contributed by atoms with Crippen LogP contribution in [-0.2, 0) is 4.79 Å². The van der Waals surface area contributed by atoms with E-state index in [0.717, 1.165) is 23.5 Å². The summed E-state index contributed by atoms with van der Waals surface area (Å²) in [5.41, 5.74) is 0.861. The van der Waals surface area contributed by atoms with Crippen molar-refractivity contribution in [1.29, 1.82) is 0 Å². The molecule has 2 aromatic rings. The Bertz CT molecular complexity index is 975. The monoisotopic (exact) mass is 473 g/mol. The van der Waals surface area contributed by atoms with E-state index in [2.05, 4.69) is 0 Å². The zero-order chi connectivity index (χ0) is 22.9. The van der Waals surface area contributed by atoms with Crippen molar-refractivity contribution in [1.82, 2.24) is 4.90 Å². The first-order chi connectivity index (χ1) is 15.5. The number of likely N-dealkylation sites (N-methyl/N-ethyl adjacent to an activating group) is 1. The first-order valence-electron chi connectivity index (χ1n) is 10.5. The zero-order valence-corrected chi connectivity index (χ0v) is 20.1. The highest BCUT2D eigenvalue weighted by atomic mass is 32.2. The number of benzene rings is 2. The van der Waals surface area contributed by atoms with Gasteiger partial charge in [0.25, 0.3) is 5.91 Å². The van der Waals surface area contributed by atoms with Crippen LogP contribution >= 0.6 is 24.0 Å². The lowest BCUT2D eigenvalue weighted by Crippen LogP contribution is -2.27. The molecule has 8 heteroatoms. The summed E-state index contributed by atoms with van der Waals surface area (Å²) >= 11 is 6.60. The molecule has 3 rings (SSSR count). The van der Waals surface area contributed by atoms with Gasteiger partial charge in [-0.15, -0.1) is 0 Å². The van der Waals surface area contributed by atoms with Gasteiger partial charge >= 0.3 is 0 Å². The number of carbonyl (C=O) groups excluding carboxylic acids is 1. The fourth-order valence-electron chi connectivity index (χ4n) is 3.03. The fraction of sp³-hybridized carbons (Fsp3) is 0.333. The molecule has 170 valence electrons. The molecular formula is C24H27NO5S2. The summed E-state index contributed by atoms with van der Waals surface area (Å²) in [6, 6.07) is 13.1. The Labute approximate surface area is 198 Å².